The number of unbranched alkanes of at least 4 members (excludes halogenated alkanes) is 38. The number of carbonyl (C=O) groups is 3. The van der Waals surface area contributed by atoms with Crippen molar-refractivity contribution in [2.45, 2.75) is 322 Å². The zero-order valence-electron chi connectivity index (χ0n) is 43.8. The molecule has 1 atom stereocenters. The summed E-state index contributed by atoms with van der Waals surface area (Å²) in [7, 11) is 0. The van der Waals surface area contributed by atoms with Crippen molar-refractivity contribution in [3.8, 4) is 0 Å². The zero-order valence-corrected chi connectivity index (χ0v) is 43.8. The molecular weight excluding hydrogens is 805 g/mol. The van der Waals surface area contributed by atoms with Crippen molar-refractivity contribution in [3.05, 3.63) is 24.3 Å². The predicted octanol–water partition coefficient (Wildman–Crippen LogP) is 19.1. The molecule has 0 aliphatic carbocycles. The molecule has 6 nitrogen and oxygen atoms in total. The summed E-state index contributed by atoms with van der Waals surface area (Å²) in [5, 5.41) is 0. The van der Waals surface area contributed by atoms with E-state index in [1.165, 1.54) is 205 Å². The van der Waals surface area contributed by atoms with Crippen LogP contribution >= 0.6 is 0 Å². The van der Waals surface area contributed by atoms with E-state index in [0.29, 0.717) is 19.3 Å². The van der Waals surface area contributed by atoms with Crippen molar-refractivity contribution in [1.82, 2.24) is 0 Å². The van der Waals surface area contributed by atoms with Gasteiger partial charge in [0.25, 0.3) is 0 Å². The summed E-state index contributed by atoms with van der Waals surface area (Å²) in [5.41, 5.74) is 0. The van der Waals surface area contributed by atoms with Crippen LogP contribution in [0.5, 0.6) is 0 Å². The fraction of sp³-hybridized carbons (Fsp3) is 0.881. The molecule has 0 bridgehead atoms. The largest absolute Gasteiger partial charge is 0.462 e. The average molecular weight is 916 g/mol. The van der Waals surface area contributed by atoms with Gasteiger partial charge in [0.2, 0.25) is 0 Å². The van der Waals surface area contributed by atoms with Gasteiger partial charge in [0, 0.05) is 19.3 Å². The number of allylic oxidation sites excluding steroid dienone is 4. The molecule has 0 fully saturated rings. The van der Waals surface area contributed by atoms with Crippen molar-refractivity contribution in [3.63, 3.8) is 0 Å². The first-order chi connectivity index (χ1) is 32.0. The fourth-order valence-corrected chi connectivity index (χ4v) is 8.56. The van der Waals surface area contributed by atoms with Gasteiger partial charge in [0.05, 0.1) is 0 Å². The molecule has 0 saturated heterocycles. The number of hydrogen-bond donors (Lipinski definition) is 0. The average Bonchev–Trinajstić information content (AvgIpc) is 3.30. The van der Waals surface area contributed by atoms with Gasteiger partial charge in [-0.2, -0.15) is 0 Å². The summed E-state index contributed by atoms with van der Waals surface area (Å²) in [4.78, 5) is 38.1. The Kier molecular flexibility index (Phi) is 52.7. The fourth-order valence-electron chi connectivity index (χ4n) is 8.56. The molecule has 6 heteroatoms. The van der Waals surface area contributed by atoms with E-state index in [9.17, 15) is 14.4 Å². The van der Waals surface area contributed by atoms with Crippen LogP contribution in [-0.4, -0.2) is 37.2 Å². The minimum Gasteiger partial charge on any atom is -0.462 e. The molecule has 0 rings (SSSR count). The van der Waals surface area contributed by atoms with Gasteiger partial charge in [0.1, 0.15) is 13.2 Å². The summed E-state index contributed by atoms with van der Waals surface area (Å²) >= 11 is 0. The number of hydrogen-bond acceptors (Lipinski definition) is 6. The monoisotopic (exact) mass is 915 g/mol. The van der Waals surface area contributed by atoms with Crippen LogP contribution in [0.4, 0.5) is 0 Å². The van der Waals surface area contributed by atoms with Crippen LogP contribution in [0.2, 0.25) is 0 Å². The number of esters is 3. The SMILES string of the molecule is CCC/C=C\CCCCCCCC(=O)OCC(COC(=O)CCCCCCCCCCC/C=C\CCCCCCCC)OC(=O)CCCCCCCCCCCCCCCCCCCC. The van der Waals surface area contributed by atoms with E-state index < -0.39 is 6.10 Å². The Morgan fingerprint density at radius 2 is 0.538 bits per heavy atom. The highest BCUT2D eigenvalue weighted by atomic mass is 16.6. The van der Waals surface area contributed by atoms with Gasteiger partial charge in [-0.1, -0.05) is 257 Å². The van der Waals surface area contributed by atoms with Crippen molar-refractivity contribution >= 4 is 17.9 Å². The molecule has 0 saturated carbocycles. The molecule has 0 aromatic carbocycles. The van der Waals surface area contributed by atoms with Gasteiger partial charge < -0.3 is 14.2 Å². The third kappa shape index (κ3) is 52.7. The lowest BCUT2D eigenvalue weighted by atomic mass is 10.0. The minimum absolute atomic E-state index is 0.0708. The Balaban J connectivity index is 4.25. The molecule has 0 aliphatic rings. The summed E-state index contributed by atoms with van der Waals surface area (Å²) in [6.45, 7) is 6.61. The van der Waals surface area contributed by atoms with E-state index in [0.717, 1.165) is 70.6 Å². The first kappa shape index (κ1) is 62.9. The maximum absolute atomic E-state index is 12.8. The Morgan fingerprint density at radius 3 is 0.831 bits per heavy atom. The highest BCUT2D eigenvalue weighted by Gasteiger charge is 2.19. The van der Waals surface area contributed by atoms with E-state index in [1.807, 2.05) is 0 Å². The van der Waals surface area contributed by atoms with Gasteiger partial charge in [-0.25, -0.2) is 0 Å². The first-order valence-corrected chi connectivity index (χ1v) is 28.8. The lowest BCUT2D eigenvalue weighted by Gasteiger charge is -2.18. The molecule has 0 aliphatic heterocycles. The maximum atomic E-state index is 12.8. The first-order valence-electron chi connectivity index (χ1n) is 28.8. The lowest BCUT2D eigenvalue weighted by Crippen LogP contribution is -2.30. The molecule has 382 valence electrons. The molecule has 1 unspecified atom stereocenters. The quantitative estimate of drug-likeness (QED) is 0.0262. The van der Waals surface area contributed by atoms with E-state index in [4.69, 9.17) is 14.2 Å². The van der Waals surface area contributed by atoms with Crippen molar-refractivity contribution < 1.29 is 28.6 Å². The van der Waals surface area contributed by atoms with Crippen LogP contribution < -0.4 is 0 Å². The minimum atomic E-state index is -0.771. The lowest BCUT2D eigenvalue weighted by molar-refractivity contribution is -0.167. The number of carbonyl (C=O) groups excluding carboxylic acids is 3. The van der Waals surface area contributed by atoms with Crippen molar-refractivity contribution in [2.75, 3.05) is 13.2 Å². The molecule has 0 aromatic rings. The molecular formula is C59H110O6. The van der Waals surface area contributed by atoms with Crippen LogP contribution in [0, 0.1) is 0 Å². The van der Waals surface area contributed by atoms with Gasteiger partial charge >= 0.3 is 17.9 Å². The zero-order chi connectivity index (χ0) is 47.2. The molecule has 0 aromatic heterocycles. The Hall–Kier alpha value is -2.11. The Bertz CT molecular complexity index is 1050. The molecule has 65 heavy (non-hydrogen) atoms. The summed E-state index contributed by atoms with van der Waals surface area (Å²) < 4.78 is 16.8. The molecule has 0 radical (unpaired) electrons. The topological polar surface area (TPSA) is 78.9 Å². The van der Waals surface area contributed by atoms with Gasteiger partial charge in [-0.3, -0.25) is 14.4 Å². The van der Waals surface area contributed by atoms with E-state index in [-0.39, 0.29) is 31.1 Å². The Morgan fingerprint density at radius 1 is 0.292 bits per heavy atom. The molecule has 0 spiro atoms. The molecule has 0 heterocycles. The third-order valence-corrected chi connectivity index (χ3v) is 12.9. The van der Waals surface area contributed by atoms with Gasteiger partial charge in [0.15, 0.2) is 6.10 Å². The summed E-state index contributed by atoms with van der Waals surface area (Å²) in [6, 6.07) is 0. The summed E-state index contributed by atoms with van der Waals surface area (Å²) in [5.74, 6) is -0.865. The van der Waals surface area contributed by atoms with E-state index in [1.54, 1.807) is 0 Å². The van der Waals surface area contributed by atoms with Crippen LogP contribution in [0.1, 0.15) is 316 Å². The van der Waals surface area contributed by atoms with Crippen LogP contribution in [0.15, 0.2) is 24.3 Å². The third-order valence-electron chi connectivity index (χ3n) is 12.9. The van der Waals surface area contributed by atoms with Gasteiger partial charge in [-0.15, -0.1) is 0 Å². The molecule has 0 amide bonds. The second kappa shape index (κ2) is 54.5. The normalized spacial score (nSPS) is 12.1. The summed E-state index contributed by atoms with van der Waals surface area (Å²) in [6.07, 6.45) is 63.2. The Labute approximate surface area is 404 Å². The smallest absolute Gasteiger partial charge is 0.306 e. The van der Waals surface area contributed by atoms with Gasteiger partial charge in [-0.05, 0) is 64.2 Å². The second-order valence-electron chi connectivity index (χ2n) is 19.6. The van der Waals surface area contributed by atoms with Crippen LogP contribution in [0.25, 0.3) is 0 Å². The maximum Gasteiger partial charge on any atom is 0.306 e. The van der Waals surface area contributed by atoms with E-state index >= 15 is 0 Å². The van der Waals surface area contributed by atoms with Crippen molar-refractivity contribution in [2.24, 2.45) is 0 Å². The predicted molar refractivity (Wildman–Crippen MR) is 279 cm³/mol. The highest BCUT2D eigenvalue weighted by Crippen LogP contribution is 2.17. The van der Waals surface area contributed by atoms with Crippen molar-refractivity contribution in [1.29, 1.82) is 0 Å². The number of rotatable bonds is 53. The van der Waals surface area contributed by atoms with Crippen LogP contribution in [-0.2, 0) is 28.6 Å². The standard InChI is InChI=1S/C59H110O6/c1-4-7-10-13-16-19-22-24-26-28-30-32-33-35-37-40-43-46-49-52-58(61)64-55-56(54-63-57(60)51-48-45-42-39-21-18-15-12-9-6-3)65-59(62)53-50-47-44-41-38-36-34-31-29-27-25-23-20-17-14-11-8-5-2/h12,15,24,26,56H,4-11,13-14,16-23,25,27-55H2,1-3H3/b15-12-,26-24-. The highest BCUT2D eigenvalue weighted by molar-refractivity contribution is 5.71. The van der Waals surface area contributed by atoms with Crippen LogP contribution in [0.3, 0.4) is 0 Å². The molecule has 0 N–H and O–H groups in total. The van der Waals surface area contributed by atoms with E-state index in [2.05, 4.69) is 45.1 Å². The second-order valence-corrected chi connectivity index (χ2v) is 19.6. The number of ether oxygens (including phenoxy) is 3.